The van der Waals surface area contributed by atoms with Crippen molar-refractivity contribution in [3.63, 3.8) is 0 Å². The number of hydrogen-bond acceptors (Lipinski definition) is 8. The third kappa shape index (κ3) is 5.44. The molecule has 144 valence electrons. The molecule has 0 aliphatic carbocycles. The van der Waals surface area contributed by atoms with Crippen LogP contribution in [0, 0.1) is 35.1 Å². The molecule has 0 radical (unpaired) electrons. The lowest BCUT2D eigenvalue weighted by atomic mass is 10.2. The van der Waals surface area contributed by atoms with Gasteiger partial charge in [-0.05, 0) is 12.8 Å². The van der Waals surface area contributed by atoms with E-state index in [1.54, 1.807) is 0 Å². The predicted molar refractivity (Wildman–Crippen MR) is 98.1 cm³/mol. The topological polar surface area (TPSA) is 166 Å². The van der Waals surface area contributed by atoms with Crippen molar-refractivity contribution >= 4 is 32.4 Å². The molecule has 0 heterocycles. The molecular formula is C14H21N5O6S. The van der Waals surface area contributed by atoms with Crippen LogP contribution >= 0.6 is 0 Å². The fourth-order valence-electron chi connectivity index (χ4n) is 2.20. The molecule has 0 spiro atoms. The van der Waals surface area contributed by atoms with Crippen molar-refractivity contribution in [3.05, 3.63) is 42.5 Å². The lowest BCUT2D eigenvalue weighted by Crippen LogP contribution is -2.09. The maximum Gasteiger partial charge on any atom is 0.309 e. The van der Waals surface area contributed by atoms with Crippen LogP contribution in [0.15, 0.2) is 16.5 Å². The molecule has 1 rings (SSSR count). The Morgan fingerprint density at radius 3 is 1.65 bits per heavy atom. The summed E-state index contributed by atoms with van der Waals surface area (Å²) >= 11 is 0. The summed E-state index contributed by atoms with van der Waals surface area (Å²) in [5.41, 5.74) is -2.94. The summed E-state index contributed by atoms with van der Waals surface area (Å²) in [7, 11) is -2.47. The first-order valence-corrected chi connectivity index (χ1v) is 9.95. The highest BCUT2D eigenvalue weighted by atomic mass is 32.2. The fraction of sp³-hybridized carbons (Fsp3) is 0.571. The van der Waals surface area contributed by atoms with Gasteiger partial charge in [0.25, 0.3) is 5.69 Å². The molecule has 0 amide bonds. The van der Waals surface area contributed by atoms with Gasteiger partial charge in [-0.2, -0.15) is 0 Å². The predicted octanol–water partition coefficient (Wildman–Crippen LogP) is 4.74. The summed E-state index contributed by atoms with van der Waals surface area (Å²) in [5, 5.41) is 33.6. The summed E-state index contributed by atoms with van der Waals surface area (Å²) in [4.78, 5) is 30.8. The van der Waals surface area contributed by atoms with E-state index in [0.717, 1.165) is 12.8 Å². The van der Waals surface area contributed by atoms with Crippen LogP contribution in [0.25, 0.3) is 0 Å². The molecule has 0 aliphatic rings. The number of nitro groups is 3. The van der Waals surface area contributed by atoms with Gasteiger partial charge in [-0.15, -0.1) is 0 Å². The molecule has 0 unspecified atom stereocenters. The first kappa shape index (κ1) is 21.4. The zero-order valence-corrected chi connectivity index (χ0v) is 15.4. The van der Waals surface area contributed by atoms with Gasteiger partial charge in [-0.3, -0.25) is 35.1 Å². The average molecular weight is 387 g/mol. The Hall–Kier alpha value is -2.63. The monoisotopic (exact) mass is 387 g/mol. The quantitative estimate of drug-likeness (QED) is 0.449. The second-order valence-corrected chi connectivity index (χ2v) is 8.34. The van der Waals surface area contributed by atoms with Crippen molar-refractivity contribution in [1.29, 1.82) is 4.78 Å². The lowest BCUT2D eigenvalue weighted by Gasteiger charge is -2.13. The maximum atomic E-state index is 11.3. The van der Waals surface area contributed by atoms with E-state index >= 15 is 0 Å². The number of non-ortho nitro benzene ring substituents is 1. The molecule has 12 heteroatoms. The molecule has 0 saturated carbocycles. The Bertz CT molecular complexity index is 782. The van der Waals surface area contributed by atoms with E-state index in [1.165, 1.54) is 0 Å². The SMILES string of the molecule is CCCCS(=N)(CCCC)=Nc1c([N+](=O)[O-])cc([N+](=O)[O-])cc1[N+](=O)[O-]. The van der Waals surface area contributed by atoms with Crippen LogP contribution in [0.2, 0.25) is 0 Å². The van der Waals surface area contributed by atoms with E-state index in [0.29, 0.717) is 36.5 Å². The van der Waals surface area contributed by atoms with Crippen LogP contribution < -0.4 is 0 Å². The molecule has 0 fully saturated rings. The number of nitrogens with one attached hydrogen (secondary N) is 1. The van der Waals surface area contributed by atoms with Crippen LogP contribution in [-0.2, 0) is 9.62 Å². The molecule has 1 aromatic rings. The van der Waals surface area contributed by atoms with Gasteiger partial charge in [0.05, 0.1) is 26.9 Å². The second-order valence-electron chi connectivity index (χ2n) is 5.65. The number of nitro benzene ring substituents is 3. The highest BCUT2D eigenvalue weighted by Gasteiger charge is 2.31. The molecule has 1 N–H and O–H groups in total. The van der Waals surface area contributed by atoms with Crippen molar-refractivity contribution in [2.45, 2.75) is 39.5 Å². The Labute approximate surface area is 150 Å². The van der Waals surface area contributed by atoms with E-state index in [9.17, 15) is 30.3 Å². The zero-order chi connectivity index (χ0) is 19.9. The van der Waals surface area contributed by atoms with Crippen LogP contribution in [0.5, 0.6) is 0 Å². The summed E-state index contributed by atoms with van der Waals surface area (Å²) in [6.07, 6.45) is 2.92. The van der Waals surface area contributed by atoms with Gasteiger partial charge in [0.2, 0.25) is 5.69 Å². The average Bonchev–Trinajstić information content (AvgIpc) is 2.57. The van der Waals surface area contributed by atoms with Crippen LogP contribution in [0.1, 0.15) is 39.5 Å². The highest BCUT2D eigenvalue weighted by molar-refractivity contribution is 7.94. The number of unbranched alkanes of at least 4 members (excludes halogenated alkanes) is 2. The fourth-order valence-corrected chi connectivity index (χ4v) is 4.66. The first-order valence-electron chi connectivity index (χ1n) is 8.02. The van der Waals surface area contributed by atoms with Gasteiger partial charge in [0.1, 0.15) is 0 Å². The molecule has 0 bridgehead atoms. The molecule has 0 atom stereocenters. The second kappa shape index (κ2) is 9.17. The van der Waals surface area contributed by atoms with E-state index in [2.05, 4.69) is 4.36 Å². The standard InChI is InChI=1S/C14H21N5O6S/c1-3-5-7-26(15,8-6-4-2)16-14-12(18(22)23)9-11(17(20)21)10-13(14)19(24)25/h9-10,15H,3-8H2,1-2H3. The lowest BCUT2D eigenvalue weighted by molar-refractivity contribution is -0.402. The van der Waals surface area contributed by atoms with Gasteiger partial charge in [0.15, 0.2) is 0 Å². The summed E-state index contributed by atoms with van der Waals surface area (Å²) in [6, 6.07) is 1.32. The Morgan fingerprint density at radius 1 is 0.923 bits per heavy atom. The molecule has 26 heavy (non-hydrogen) atoms. The molecule has 11 nitrogen and oxygen atoms in total. The summed E-state index contributed by atoms with van der Waals surface area (Å²) in [5.74, 6) is 0.740. The largest absolute Gasteiger partial charge is 0.309 e. The normalized spacial score (nSPS) is 11.2. The van der Waals surface area contributed by atoms with Crippen molar-refractivity contribution < 1.29 is 14.8 Å². The highest BCUT2D eigenvalue weighted by Crippen LogP contribution is 2.41. The van der Waals surface area contributed by atoms with Gasteiger partial charge in [-0.1, -0.05) is 36.3 Å². The molecular weight excluding hydrogens is 366 g/mol. The minimum Gasteiger partial charge on any atom is -0.270 e. The van der Waals surface area contributed by atoms with E-state index in [1.807, 2.05) is 13.8 Å². The molecule has 0 aliphatic heterocycles. The third-order valence-corrected chi connectivity index (χ3v) is 6.06. The van der Waals surface area contributed by atoms with Crippen molar-refractivity contribution in [1.82, 2.24) is 0 Å². The van der Waals surface area contributed by atoms with E-state index < -0.39 is 47.1 Å². The van der Waals surface area contributed by atoms with Gasteiger partial charge >= 0.3 is 11.4 Å². The van der Waals surface area contributed by atoms with Crippen LogP contribution in [0.3, 0.4) is 0 Å². The van der Waals surface area contributed by atoms with E-state index in [4.69, 9.17) is 4.78 Å². The first-order chi connectivity index (χ1) is 12.1. The summed E-state index contributed by atoms with van der Waals surface area (Å²) < 4.78 is 12.8. The third-order valence-electron chi connectivity index (χ3n) is 3.60. The molecule has 1 aromatic carbocycles. The Kier molecular flexibility index (Phi) is 7.56. The van der Waals surface area contributed by atoms with Crippen molar-refractivity contribution in [2.75, 3.05) is 11.5 Å². The van der Waals surface area contributed by atoms with Crippen molar-refractivity contribution in [3.8, 4) is 0 Å². The number of benzene rings is 1. The molecule has 0 aromatic heterocycles. The minimum atomic E-state index is -2.47. The number of nitrogens with zero attached hydrogens (tertiary/aromatic N) is 4. The van der Waals surface area contributed by atoms with E-state index in [-0.39, 0.29) is 0 Å². The van der Waals surface area contributed by atoms with Gasteiger partial charge in [-0.25, -0.2) is 4.36 Å². The summed E-state index contributed by atoms with van der Waals surface area (Å²) in [6.45, 7) is 3.85. The maximum absolute atomic E-state index is 11.3. The van der Waals surface area contributed by atoms with Gasteiger partial charge in [0, 0.05) is 11.5 Å². The van der Waals surface area contributed by atoms with Crippen LogP contribution in [0.4, 0.5) is 22.7 Å². The number of hydrogen-bond donors (Lipinski definition) is 1. The Morgan fingerprint density at radius 2 is 1.35 bits per heavy atom. The van der Waals surface area contributed by atoms with Gasteiger partial charge < -0.3 is 0 Å². The molecule has 0 saturated heterocycles. The van der Waals surface area contributed by atoms with Crippen LogP contribution in [-0.4, -0.2) is 26.3 Å². The van der Waals surface area contributed by atoms with Crippen molar-refractivity contribution in [2.24, 2.45) is 4.36 Å². The minimum absolute atomic E-state index is 0.370. The number of rotatable bonds is 10. The zero-order valence-electron chi connectivity index (χ0n) is 14.5. The Balaban J connectivity index is 3.75. The smallest absolute Gasteiger partial charge is 0.270 e.